The van der Waals surface area contributed by atoms with Crippen molar-refractivity contribution in [3.8, 4) is 0 Å². The second-order valence-corrected chi connectivity index (χ2v) is 34.5. The monoisotopic (exact) mass is 1430 g/mol. The Hall–Kier alpha value is 0.394. The zero-order valence-corrected chi connectivity index (χ0v) is 55.4. The Labute approximate surface area is 538 Å². The van der Waals surface area contributed by atoms with Crippen molar-refractivity contribution in [3.63, 3.8) is 0 Å². The van der Waals surface area contributed by atoms with Gasteiger partial charge in [0.15, 0.2) is 17.2 Å². The van der Waals surface area contributed by atoms with Crippen LogP contribution in [0.2, 0.25) is 0 Å². The van der Waals surface area contributed by atoms with Crippen LogP contribution in [0, 0.1) is 0 Å². The van der Waals surface area contributed by atoms with Gasteiger partial charge in [0.1, 0.15) is 0 Å². The number of hydrogen-bond donors (Lipinski definition) is 2. The van der Waals surface area contributed by atoms with E-state index in [1.165, 1.54) is 42.4 Å². The number of nitrogens with one attached hydrogen (secondary N) is 2. The van der Waals surface area contributed by atoms with Crippen molar-refractivity contribution in [1.29, 1.82) is 0 Å². The molecule has 0 aliphatic carbocycles. The molecule has 2 N–H and O–H groups in total. The first-order valence-corrected chi connectivity index (χ1v) is 34.5. The third-order valence-corrected chi connectivity index (χ3v) is 24.2. The molecule has 404 valence electrons. The van der Waals surface area contributed by atoms with Gasteiger partial charge in [-0.3, -0.25) is 9.72 Å². The summed E-state index contributed by atoms with van der Waals surface area (Å²) in [4.78, 5) is 7.97. The van der Waals surface area contributed by atoms with E-state index in [1.54, 1.807) is 0 Å². The molecule has 75 heavy (non-hydrogen) atoms. The van der Waals surface area contributed by atoms with Crippen LogP contribution in [0.5, 0.6) is 0 Å². The molecule has 0 unspecified atom stereocenters. The molecule has 0 saturated heterocycles. The summed E-state index contributed by atoms with van der Waals surface area (Å²) < 4.78 is -3.00. The summed E-state index contributed by atoms with van der Waals surface area (Å²) in [6.07, 6.45) is -4.40. The third-order valence-electron chi connectivity index (χ3n) is 9.02. The summed E-state index contributed by atoms with van der Waals surface area (Å²) in [5.74, 6) is 0. The van der Waals surface area contributed by atoms with Crippen LogP contribution in [0.1, 0.15) is 0 Å². The summed E-state index contributed by atoms with van der Waals surface area (Å²) in [7, 11) is -1.58. The number of hydrogen-bond acceptors (Lipinski definition) is 2. The first-order valence-electron chi connectivity index (χ1n) is 21.0. The van der Waals surface area contributed by atoms with E-state index in [2.05, 4.69) is 228 Å². The number of halogens is 14. The van der Waals surface area contributed by atoms with Crippen molar-refractivity contribution in [3.05, 3.63) is 243 Å². The number of benzene rings is 8. The zero-order valence-electron chi connectivity index (χ0n) is 38.6. The molecule has 8 rings (SSSR count). The van der Waals surface area contributed by atoms with Crippen LogP contribution in [0.25, 0.3) is 0 Å². The predicted octanol–water partition coefficient (Wildman–Crippen LogP) is 11.3. The first kappa shape index (κ1) is 75.4. The third kappa shape index (κ3) is 29.8. The summed E-state index contributed by atoms with van der Waals surface area (Å²) in [5.41, 5.74) is 0. The molecule has 0 saturated carbocycles. The van der Waals surface area contributed by atoms with Crippen molar-refractivity contribution in [1.82, 2.24) is 9.72 Å². The summed E-state index contributed by atoms with van der Waals surface area (Å²) in [5, 5.41) is 9.89. The average molecular weight is 1440 g/mol. The Kier molecular flexibility index (Phi) is 43.4. The largest absolute Gasteiger partial charge is 2.00 e. The van der Waals surface area contributed by atoms with E-state index in [4.69, 9.17) is 163 Å². The van der Waals surface area contributed by atoms with Gasteiger partial charge in [-0.1, -0.05) is 405 Å². The van der Waals surface area contributed by atoms with Crippen LogP contribution in [0.4, 0.5) is 0 Å². The Morgan fingerprint density at radius 2 is 0.387 bits per heavy atom. The standard InChI is InChI=1S/2C24H21NP2S.4CHCl3.2ClH.Ni/c2*28-27(23-17-9-3-10-18-23,24-19-11-4-12-20-24)25-26(21-13-5-1-6-14-21)22-15-7-2-8-16-22;4*2-1(3)4;;;/h2*1-20H,(H,25,28);4*1H;2*1H;/q;;;;;;;;+2/p-2. The number of alkyl halides is 12. The fourth-order valence-electron chi connectivity index (χ4n) is 6.20. The van der Waals surface area contributed by atoms with Gasteiger partial charge in [-0.2, -0.15) is 0 Å². The van der Waals surface area contributed by atoms with Crippen LogP contribution in [-0.2, 0) is 40.1 Å². The van der Waals surface area contributed by atoms with Crippen molar-refractivity contribution >= 4 is 234 Å². The first-order chi connectivity index (χ1) is 34.5. The zero-order chi connectivity index (χ0) is 52.8. The molecule has 0 amide bonds. The topological polar surface area (TPSA) is 24.1 Å². The molecule has 0 fully saturated rings. The minimum absolute atomic E-state index is 0. The fraction of sp³-hybridized carbons (Fsp3) is 0.0769. The van der Waals surface area contributed by atoms with E-state index in [1.807, 2.05) is 24.3 Å². The van der Waals surface area contributed by atoms with Crippen LogP contribution >= 0.6 is 168 Å². The summed E-state index contributed by atoms with van der Waals surface area (Å²) in [6.45, 7) is 0. The van der Waals surface area contributed by atoms with Gasteiger partial charge < -0.3 is 24.8 Å². The maximum absolute atomic E-state index is 6.43. The molecule has 0 bridgehead atoms. The number of rotatable bonds is 12. The molecule has 0 radical (unpaired) electrons. The molecular weight excluding hydrogens is 1400 g/mol. The smallest absolute Gasteiger partial charge is 1.00 e. The summed E-state index contributed by atoms with van der Waals surface area (Å²) >= 11 is 70.5. The SMILES string of the molecule is ClC(Cl)Cl.ClC(Cl)Cl.ClC(Cl)Cl.ClC(Cl)Cl.S=P(NP(c1ccccc1)c1ccccc1)(c1ccccc1)c1ccccc1.S=P(NP(c1ccccc1)c1ccccc1)(c1ccccc1)c1ccccc1.[Cl-].[Cl-].[Ni+2]. The van der Waals surface area contributed by atoms with Gasteiger partial charge in [-0.15, -0.1) is 0 Å². The van der Waals surface area contributed by atoms with E-state index >= 15 is 0 Å². The van der Waals surface area contributed by atoms with Gasteiger partial charge in [0, 0.05) is 37.4 Å². The molecule has 0 spiro atoms. The Bertz CT molecular complexity index is 2350. The van der Waals surface area contributed by atoms with E-state index in [9.17, 15) is 0 Å². The Balaban J connectivity index is 0.00000110. The van der Waals surface area contributed by atoms with Gasteiger partial charge in [0.05, 0.1) is 12.4 Å². The van der Waals surface area contributed by atoms with Crippen molar-refractivity contribution in [2.24, 2.45) is 0 Å². The molecule has 0 aliphatic rings. The van der Waals surface area contributed by atoms with Gasteiger partial charge >= 0.3 is 16.5 Å². The molecular formula is C52H46Cl14N2NiP4S2. The van der Waals surface area contributed by atoms with Crippen LogP contribution in [0.3, 0.4) is 0 Å². The van der Waals surface area contributed by atoms with E-state index in [-0.39, 0.29) is 41.3 Å². The van der Waals surface area contributed by atoms with Crippen LogP contribution in [-0.4, -0.2) is 17.2 Å². The maximum Gasteiger partial charge on any atom is 2.00 e. The molecule has 23 heteroatoms. The quantitative estimate of drug-likeness (QED) is 0.0723. The van der Waals surface area contributed by atoms with Gasteiger partial charge in [-0.25, -0.2) is 0 Å². The van der Waals surface area contributed by atoms with Gasteiger partial charge in [-0.05, 0) is 21.2 Å². The second kappa shape index (κ2) is 43.1. The Morgan fingerprint density at radius 1 is 0.267 bits per heavy atom. The minimum atomic E-state index is -2.20. The Morgan fingerprint density at radius 3 is 0.520 bits per heavy atom. The van der Waals surface area contributed by atoms with Gasteiger partial charge in [0.2, 0.25) is 0 Å². The second-order valence-electron chi connectivity index (χ2n) is 13.8. The van der Waals surface area contributed by atoms with E-state index < -0.39 is 45.7 Å². The normalized spacial score (nSPS) is 10.5. The molecule has 8 aromatic rings. The molecule has 0 atom stereocenters. The molecule has 0 aliphatic heterocycles. The van der Waals surface area contributed by atoms with Crippen LogP contribution < -0.4 is 77.0 Å². The van der Waals surface area contributed by atoms with Crippen molar-refractivity contribution < 1.29 is 41.3 Å². The van der Waals surface area contributed by atoms with E-state index in [0.717, 1.165) is 0 Å². The molecule has 0 heterocycles. The van der Waals surface area contributed by atoms with Gasteiger partial charge in [0.25, 0.3) is 0 Å². The molecule has 8 aromatic carbocycles. The molecule has 0 aromatic heterocycles. The average Bonchev–Trinajstić information content (AvgIpc) is 3.39. The van der Waals surface area contributed by atoms with E-state index in [0.29, 0.717) is 0 Å². The van der Waals surface area contributed by atoms with Crippen molar-refractivity contribution in [2.75, 3.05) is 0 Å². The van der Waals surface area contributed by atoms with Crippen molar-refractivity contribution in [2.45, 2.75) is 17.2 Å². The fourth-order valence-corrected chi connectivity index (χ4v) is 20.5. The predicted molar refractivity (Wildman–Crippen MR) is 343 cm³/mol. The maximum atomic E-state index is 6.43. The van der Waals surface area contributed by atoms with Crippen LogP contribution in [0.15, 0.2) is 243 Å². The molecule has 2 nitrogen and oxygen atoms in total. The summed E-state index contributed by atoms with van der Waals surface area (Å²) in [6, 6.07) is 84.7. The minimum Gasteiger partial charge on any atom is -1.00 e.